The van der Waals surface area contributed by atoms with Gasteiger partial charge in [0, 0.05) is 26.2 Å². The van der Waals surface area contributed by atoms with E-state index < -0.39 is 0 Å². The van der Waals surface area contributed by atoms with Crippen LogP contribution in [-0.4, -0.2) is 22.2 Å². The minimum Gasteiger partial charge on any atom is -0.352 e. The van der Waals surface area contributed by atoms with Crippen LogP contribution in [0.25, 0.3) is 0 Å². The lowest BCUT2D eigenvalue weighted by atomic mass is 10.1. The second-order valence-electron chi connectivity index (χ2n) is 2.67. The van der Waals surface area contributed by atoms with Gasteiger partial charge in [0.1, 0.15) is 0 Å². The van der Waals surface area contributed by atoms with E-state index in [0.717, 1.165) is 17.7 Å². The minimum atomic E-state index is -0.000602. The second kappa shape index (κ2) is 2.08. The average molecular weight is 151 g/mol. The minimum absolute atomic E-state index is 0.000602. The van der Waals surface area contributed by atoms with Gasteiger partial charge in [0.05, 0.1) is 11.3 Å². The van der Waals surface area contributed by atoms with Crippen LogP contribution < -0.4 is 5.32 Å². The number of amides is 1. The molecule has 1 amide bonds. The molecule has 1 aliphatic rings. The van der Waals surface area contributed by atoms with Crippen LogP contribution in [0.2, 0.25) is 0 Å². The van der Waals surface area contributed by atoms with Gasteiger partial charge in [-0.2, -0.15) is 5.10 Å². The van der Waals surface area contributed by atoms with Crippen LogP contribution >= 0.6 is 0 Å². The van der Waals surface area contributed by atoms with E-state index in [9.17, 15) is 4.79 Å². The second-order valence-corrected chi connectivity index (χ2v) is 2.67. The van der Waals surface area contributed by atoms with Gasteiger partial charge in [-0.15, -0.1) is 0 Å². The van der Waals surface area contributed by atoms with Crippen molar-refractivity contribution < 1.29 is 4.79 Å². The molecule has 0 aliphatic carbocycles. The van der Waals surface area contributed by atoms with Crippen molar-refractivity contribution in [3.8, 4) is 0 Å². The normalized spacial score (nSPS) is 15.9. The van der Waals surface area contributed by atoms with Crippen LogP contribution in [0.1, 0.15) is 16.1 Å². The first-order valence-corrected chi connectivity index (χ1v) is 3.58. The van der Waals surface area contributed by atoms with Gasteiger partial charge in [-0.05, 0) is 0 Å². The van der Waals surface area contributed by atoms with E-state index in [0.29, 0.717) is 6.54 Å². The molecule has 2 rings (SSSR count). The van der Waals surface area contributed by atoms with E-state index in [1.807, 2.05) is 7.05 Å². The SMILES string of the molecule is Cn1cc2c(n1)CCNC2=O. The van der Waals surface area contributed by atoms with E-state index in [4.69, 9.17) is 0 Å². The molecule has 2 heterocycles. The number of carbonyl (C=O) groups excluding carboxylic acids is 1. The lowest BCUT2D eigenvalue weighted by molar-refractivity contribution is 0.0946. The van der Waals surface area contributed by atoms with Crippen molar-refractivity contribution >= 4 is 5.91 Å². The van der Waals surface area contributed by atoms with Gasteiger partial charge in [-0.3, -0.25) is 9.48 Å². The molecule has 4 nitrogen and oxygen atoms in total. The fourth-order valence-corrected chi connectivity index (χ4v) is 1.30. The van der Waals surface area contributed by atoms with Gasteiger partial charge in [-0.1, -0.05) is 0 Å². The summed E-state index contributed by atoms with van der Waals surface area (Å²) in [7, 11) is 1.82. The monoisotopic (exact) mass is 151 g/mol. The molecule has 1 aliphatic heterocycles. The highest BCUT2D eigenvalue weighted by atomic mass is 16.1. The van der Waals surface area contributed by atoms with Gasteiger partial charge in [-0.25, -0.2) is 0 Å². The number of fused-ring (bicyclic) bond motifs is 1. The molecule has 0 saturated heterocycles. The summed E-state index contributed by atoms with van der Waals surface area (Å²) in [5.41, 5.74) is 1.63. The summed E-state index contributed by atoms with van der Waals surface area (Å²) < 4.78 is 1.68. The molecule has 1 aromatic heterocycles. The Morgan fingerprint density at radius 2 is 2.55 bits per heavy atom. The maximum Gasteiger partial charge on any atom is 0.254 e. The zero-order valence-corrected chi connectivity index (χ0v) is 6.29. The Kier molecular flexibility index (Phi) is 1.21. The van der Waals surface area contributed by atoms with Crippen LogP contribution in [0.15, 0.2) is 6.20 Å². The Balaban J connectivity index is 2.52. The van der Waals surface area contributed by atoms with Crippen LogP contribution in [0.5, 0.6) is 0 Å². The molecule has 0 spiro atoms. The molecular formula is C7H9N3O. The maximum atomic E-state index is 11.1. The number of carbonyl (C=O) groups is 1. The van der Waals surface area contributed by atoms with Crippen molar-refractivity contribution in [1.82, 2.24) is 15.1 Å². The third-order valence-corrected chi connectivity index (χ3v) is 1.80. The van der Waals surface area contributed by atoms with Crippen LogP contribution in [-0.2, 0) is 13.5 Å². The number of hydrogen-bond donors (Lipinski definition) is 1. The molecule has 1 aromatic rings. The Bertz CT molecular complexity index is 303. The Morgan fingerprint density at radius 1 is 1.73 bits per heavy atom. The largest absolute Gasteiger partial charge is 0.352 e. The van der Waals surface area contributed by atoms with Gasteiger partial charge < -0.3 is 5.32 Å². The average Bonchev–Trinajstić information content (AvgIpc) is 2.31. The number of nitrogens with zero attached hydrogens (tertiary/aromatic N) is 2. The topological polar surface area (TPSA) is 46.9 Å². The molecule has 1 N–H and O–H groups in total. The first-order chi connectivity index (χ1) is 5.27. The van der Waals surface area contributed by atoms with E-state index in [2.05, 4.69) is 10.4 Å². The zero-order chi connectivity index (χ0) is 7.84. The lowest BCUT2D eigenvalue weighted by Gasteiger charge is -2.09. The molecule has 0 saturated carbocycles. The molecule has 58 valence electrons. The standard InChI is InChI=1S/C7H9N3O/c1-10-4-5-6(9-10)2-3-8-7(5)11/h4H,2-3H2,1H3,(H,8,11). The van der Waals surface area contributed by atoms with E-state index >= 15 is 0 Å². The Hall–Kier alpha value is -1.32. The summed E-state index contributed by atoms with van der Waals surface area (Å²) >= 11 is 0. The molecule has 4 heteroatoms. The van der Waals surface area contributed by atoms with Crippen LogP contribution in [0, 0.1) is 0 Å². The third kappa shape index (κ3) is 0.906. The molecule has 0 atom stereocenters. The maximum absolute atomic E-state index is 11.1. The predicted octanol–water partition coefficient (Wildman–Crippen LogP) is -0.294. The first kappa shape index (κ1) is 6.39. The first-order valence-electron chi connectivity index (χ1n) is 3.58. The number of aromatic nitrogens is 2. The van der Waals surface area contributed by atoms with Gasteiger partial charge in [0.15, 0.2) is 0 Å². The Morgan fingerprint density at radius 3 is 3.27 bits per heavy atom. The van der Waals surface area contributed by atoms with Gasteiger partial charge in [0.25, 0.3) is 5.91 Å². The highest BCUT2D eigenvalue weighted by Gasteiger charge is 2.18. The van der Waals surface area contributed by atoms with Crippen molar-refractivity contribution in [2.75, 3.05) is 6.54 Å². The summed E-state index contributed by atoms with van der Waals surface area (Å²) in [6.45, 7) is 0.711. The van der Waals surface area contributed by atoms with Crippen molar-refractivity contribution in [1.29, 1.82) is 0 Å². The van der Waals surface area contributed by atoms with Gasteiger partial charge in [0.2, 0.25) is 0 Å². The van der Waals surface area contributed by atoms with Crippen LogP contribution in [0.4, 0.5) is 0 Å². The van der Waals surface area contributed by atoms with Gasteiger partial charge >= 0.3 is 0 Å². The fraction of sp³-hybridized carbons (Fsp3) is 0.429. The summed E-state index contributed by atoms with van der Waals surface area (Å²) in [6.07, 6.45) is 2.60. The van der Waals surface area contributed by atoms with E-state index in [1.54, 1.807) is 10.9 Å². The van der Waals surface area contributed by atoms with Crippen molar-refractivity contribution in [3.05, 3.63) is 17.5 Å². The summed E-state index contributed by atoms with van der Waals surface area (Å²) in [4.78, 5) is 11.1. The predicted molar refractivity (Wildman–Crippen MR) is 39.2 cm³/mol. The third-order valence-electron chi connectivity index (χ3n) is 1.80. The van der Waals surface area contributed by atoms with Crippen molar-refractivity contribution in [2.24, 2.45) is 7.05 Å². The highest BCUT2D eigenvalue weighted by molar-refractivity contribution is 5.95. The van der Waals surface area contributed by atoms with E-state index in [1.165, 1.54) is 0 Å². The fourth-order valence-electron chi connectivity index (χ4n) is 1.30. The quantitative estimate of drug-likeness (QED) is 0.553. The van der Waals surface area contributed by atoms with Crippen molar-refractivity contribution in [3.63, 3.8) is 0 Å². The lowest BCUT2D eigenvalue weighted by Crippen LogP contribution is -2.31. The van der Waals surface area contributed by atoms with Crippen LogP contribution in [0.3, 0.4) is 0 Å². The summed E-state index contributed by atoms with van der Waals surface area (Å²) in [5.74, 6) is -0.000602. The molecule has 0 aromatic carbocycles. The molecule has 0 radical (unpaired) electrons. The number of nitrogens with one attached hydrogen (secondary N) is 1. The van der Waals surface area contributed by atoms with Crippen molar-refractivity contribution in [2.45, 2.75) is 6.42 Å². The molecule has 0 fully saturated rings. The summed E-state index contributed by atoms with van der Waals surface area (Å²) in [6, 6.07) is 0. The highest BCUT2D eigenvalue weighted by Crippen LogP contribution is 2.09. The zero-order valence-electron chi connectivity index (χ0n) is 6.29. The number of hydrogen-bond acceptors (Lipinski definition) is 2. The number of rotatable bonds is 0. The molecule has 0 unspecified atom stereocenters. The smallest absolute Gasteiger partial charge is 0.254 e. The Labute approximate surface area is 64.2 Å². The molecule has 11 heavy (non-hydrogen) atoms. The summed E-state index contributed by atoms with van der Waals surface area (Å²) in [5, 5.41) is 6.92. The molecular weight excluding hydrogens is 142 g/mol. The molecule has 0 bridgehead atoms. The number of aryl methyl sites for hydroxylation is 1. The van der Waals surface area contributed by atoms with E-state index in [-0.39, 0.29) is 5.91 Å².